The van der Waals surface area contributed by atoms with E-state index in [1.165, 1.54) is 56.2 Å². The van der Waals surface area contributed by atoms with E-state index in [-0.39, 0.29) is 11.4 Å². The summed E-state index contributed by atoms with van der Waals surface area (Å²) in [7, 11) is 2.02. The van der Waals surface area contributed by atoms with Crippen LogP contribution in [0.25, 0.3) is 0 Å². The molecule has 0 radical (unpaired) electrons. The molecule has 5 nitrogen and oxygen atoms in total. The summed E-state index contributed by atoms with van der Waals surface area (Å²) < 4.78 is 1.98. The Morgan fingerprint density at radius 2 is 1.72 bits per heavy atom. The maximum Gasteiger partial charge on any atom is 0.274 e. The van der Waals surface area contributed by atoms with E-state index in [2.05, 4.69) is 19.2 Å². The first-order valence-corrected chi connectivity index (χ1v) is 13.4. The Hall–Kier alpha value is -1.36. The number of amides is 1. The number of carbonyl (C=O) groups excluding carboxylic acids is 1. The highest BCUT2D eigenvalue weighted by atomic mass is 16.2. The van der Waals surface area contributed by atoms with Crippen molar-refractivity contribution in [3.63, 3.8) is 0 Å². The highest BCUT2D eigenvalue weighted by molar-refractivity contribution is 5.94. The zero-order valence-electron chi connectivity index (χ0n) is 20.5. The fourth-order valence-corrected chi connectivity index (χ4v) is 9.20. The smallest absolute Gasteiger partial charge is 0.274 e. The molecule has 5 aliphatic carbocycles. The van der Waals surface area contributed by atoms with Crippen LogP contribution in [0.15, 0.2) is 0 Å². The van der Waals surface area contributed by atoms with E-state index in [0.29, 0.717) is 11.5 Å². The highest BCUT2D eigenvalue weighted by Crippen LogP contribution is 2.62. The predicted octanol–water partition coefficient (Wildman–Crippen LogP) is 4.49. The van der Waals surface area contributed by atoms with Gasteiger partial charge in [-0.3, -0.25) is 9.48 Å². The number of aromatic nitrogens is 2. The average molecular weight is 439 g/mol. The van der Waals surface area contributed by atoms with Gasteiger partial charge in [0.25, 0.3) is 5.91 Å². The summed E-state index contributed by atoms with van der Waals surface area (Å²) >= 11 is 0. The Morgan fingerprint density at radius 1 is 1.09 bits per heavy atom. The van der Waals surface area contributed by atoms with Crippen LogP contribution in [0.2, 0.25) is 0 Å². The van der Waals surface area contributed by atoms with Crippen LogP contribution in [-0.4, -0.2) is 45.3 Å². The molecular weight excluding hydrogens is 396 g/mol. The molecule has 176 valence electrons. The predicted molar refractivity (Wildman–Crippen MR) is 127 cm³/mol. The molecule has 5 fully saturated rings. The molecule has 1 aromatic heterocycles. The minimum atomic E-state index is 0.148. The lowest BCUT2D eigenvalue weighted by Crippen LogP contribution is -2.54. The summed E-state index contributed by atoms with van der Waals surface area (Å²) in [5.74, 6) is 3.21. The van der Waals surface area contributed by atoms with E-state index < -0.39 is 0 Å². The van der Waals surface area contributed by atoms with Crippen LogP contribution in [0.3, 0.4) is 0 Å². The Labute approximate surface area is 193 Å². The Kier molecular flexibility index (Phi) is 5.02. The lowest BCUT2D eigenvalue weighted by atomic mass is 9.47. The fourth-order valence-electron chi connectivity index (χ4n) is 9.20. The van der Waals surface area contributed by atoms with Crippen molar-refractivity contribution in [2.75, 3.05) is 13.1 Å². The van der Waals surface area contributed by atoms with Gasteiger partial charge in [-0.15, -0.1) is 0 Å². The second-order valence-corrected chi connectivity index (χ2v) is 13.0. The molecule has 1 unspecified atom stereocenters. The molecule has 0 spiro atoms. The number of hydrogen-bond donors (Lipinski definition) is 1. The maximum absolute atomic E-state index is 13.2. The Morgan fingerprint density at radius 3 is 2.34 bits per heavy atom. The summed E-state index contributed by atoms with van der Waals surface area (Å²) in [5.41, 5.74) is 3.98. The molecule has 1 amide bonds. The second kappa shape index (κ2) is 7.58. The van der Waals surface area contributed by atoms with Crippen molar-refractivity contribution < 1.29 is 4.79 Å². The van der Waals surface area contributed by atoms with E-state index in [9.17, 15) is 4.79 Å². The van der Waals surface area contributed by atoms with Crippen LogP contribution in [0.1, 0.15) is 99.8 Å². The minimum absolute atomic E-state index is 0.148. The number of aryl methyl sites for hydroxylation is 1. The molecule has 1 aromatic rings. The Balaban J connectivity index is 1.16. The SMILES string of the molecule is Cn1nc(C(=O)N2CCCC2)c2c1CCC(NC(C)(C)CC13CC4CC(CC(C4)C1)C3)C2. The van der Waals surface area contributed by atoms with Gasteiger partial charge >= 0.3 is 0 Å². The third kappa shape index (κ3) is 3.73. The van der Waals surface area contributed by atoms with Gasteiger partial charge in [0.2, 0.25) is 0 Å². The molecule has 0 aromatic carbocycles. The van der Waals surface area contributed by atoms with Gasteiger partial charge in [-0.2, -0.15) is 5.10 Å². The van der Waals surface area contributed by atoms with Gasteiger partial charge in [-0.25, -0.2) is 0 Å². The number of likely N-dealkylation sites (tertiary alicyclic amines) is 1. The van der Waals surface area contributed by atoms with E-state index >= 15 is 0 Å². The van der Waals surface area contributed by atoms with Gasteiger partial charge in [0, 0.05) is 43.0 Å². The third-order valence-corrected chi connectivity index (χ3v) is 9.63. The molecule has 4 bridgehead atoms. The molecule has 6 aliphatic rings. The lowest BCUT2D eigenvalue weighted by molar-refractivity contribution is -0.0692. The number of rotatable bonds is 5. The minimum Gasteiger partial charge on any atom is -0.337 e. The zero-order valence-corrected chi connectivity index (χ0v) is 20.5. The van der Waals surface area contributed by atoms with E-state index in [1.807, 2.05) is 16.6 Å². The lowest BCUT2D eigenvalue weighted by Gasteiger charge is -2.59. The normalized spacial score (nSPS) is 36.0. The molecule has 1 saturated heterocycles. The van der Waals surface area contributed by atoms with Crippen LogP contribution in [-0.2, 0) is 19.9 Å². The van der Waals surface area contributed by atoms with Gasteiger partial charge in [-0.05, 0) is 114 Å². The molecule has 32 heavy (non-hydrogen) atoms. The molecule has 1 aliphatic heterocycles. The second-order valence-electron chi connectivity index (χ2n) is 13.0. The first-order chi connectivity index (χ1) is 15.3. The summed E-state index contributed by atoms with van der Waals surface area (Å²) in [5, 5.41) is 8.81. The number of hydrogen-bond acceptors (Lipinski definition) is 3. The van der Waals surface area contributed by atoms with Crippen LogP contribution in [0.5, 0.6) is 0 Å². The maximum atomic E-state index is 13.2. The highest BCUT2D eigenvalue weighted by Gasteiger charge is 2.52. The van der Waals surface area contributed by atoms with E-state index in [0.717, 1.165) is 68.6 Å². The van der Waals surface area contributed by atoms with Crippen molar-refractivity contribution in [3.8, 4) is 0 Å². The van der Waals surface area contributed by atoms with Crippen molar-refractivity contribution in [2.45, 2.75) is 102 Å². The van der Waals surface area contributed by atoms with Gasteiger partial charge in [0.15, 0.2) is 5.69 Å². The summed E-state index contributed by atoms with van der Waals surface area (Å²) in [6.07, 6.45) is 15.7. The van der Waals surface area contributed by atoms with E-state index in [1.54, 1.807) is 0 Å². The van der Waals surface area contributed by atoms with Crippen molar-refractivity contribution in [2.24, 2.45) is 30.2 Å². The molecule has 4 saturated carbocycles. The number of nitrogens with one attached hydrogen (secondary N) is 1. The van der Waals surface area contributed by atoms with Crippen molar-refractivity contribution in [1.29, 1.82) is 0 Å². The van der Waals surface area contributed by atoms with Gasteiger partial charge in [-0.1, -0.05) is 0 Å². The zero-order chi connectivity index (χ0) is 22.1. The summed E-state index contributed by atoms with van der Waals surface area (Å²) in [6.45, 7) is 6.68. The molecule has 1 N–H and O–H groups in total. The van der Waals surface area contributed by atoms with Crippen molar-refractivity contribution in [3.05, 3.63) is 17.0 Å². The molecule has 2 heterocycles. The number of fused-ring (bicyclic) bond motifs is 1. The first kappa shape index (κ1) is 21.2. The summed E-state index contributed by atoms with van der Waals surface area (Å²) in [6, 6.07) is 0.445. The quantitative estimate of drug-likeness (QED) is 0.737. The van der Waals surface area contributed by atoms with Crippen LogP contribution in [0, 0.1) is 23.2 Å². The topological polar surface area (TPSA) is 50.2 Å². The van der Waals surface area contributed by atoms with Crippen molar-refractivity contribution in [1.82, 2.24) is 20.0 Å². The third-order valence-electron chi connectivity index (χ3n) is 9.63. The van der Waals surface area contributed by atoms with Crippen LogP contribution >= 0.6 is 0 Å². The molecular formula is C27H42N4O. The average Bonchev–Trinajstić information content (AvgIpc) is 3.34. The molecule has 1 atom stereocenters. The number of nitrogens with zero attached hydrogens (tertiary/aromatic N) is 3. The Bertz CT molecular complexity index is 858. The first-order valence-electron chi connectivity index (χ1n) is 13.4. The van der Waals surface area contributed by atoms with E-state index in [4.69, 9.17) is 5.10 Å². The number of carbonyl (C=O) groups is 1. The molecule has 7 rings (SSSR count). The summed E-state index contributed by atoms with van der Waals surface area (Å²) in [4.78, 5) is 15.2. The largest absolute Gasteiger partial charge is 0.337 e. The van der Waals surface area contributed by atoms with Crippen LogP contribution < -0.4 is 5.32 Å². The molecule has 5 heteroatoms. The van der Waals surface area contributed by atoms with Crippen LogP contribution in [0.4, 0.5) is 0 Å². The van der Waals surface area contributed by atoms with Crippen molar-refractivity contribution >= 4 is 5.91 Å². The standard InChI is InChI=1S/C27H42N4O/c1-26(2,17-27-14-18-10-19(15-27)12-20(11-18)16-27)28-21-6-7-23-22(13-21)24(29-30(23)3)25(32)31-8-4-5-9-31/h18-21,28H,4-17H2,1-3H3. The van der Waals surface area contributed by atoms with Gasteiger partial charge in [0.05, 0.1) is 0 Å². The fraction of sp³-hybridized carbons (Fsp3) is 0.852. The van der Waals surface area contributed by atoms with Gasteiger partial charge in [0.1, 0.15) is 0 Å². The van der Waals surface area contributed by atoms with Gasteiger partial charge < -0.3 is 10.2 Å². The monoisotopic (exact) mass is 438 g/mol.